The zero-order valence-corrected chi connectivity index (χ0v) is 21.7. The Labute approximate surface area is 196 Å². The summed E-state index contributed by atoms with van der Waals surface area (Å²) in [6.07, 6.45) is 10.4. The highest BCUT2D eigenvalue weighted by Crippen LogP contribution is 2.68. The molecule has 1 aliphatic heterocycles. The Bertz CT molecular complexity index is 725. The van der Waals surface area contributed by atoms with Gasteiger partial charge in [-0.2, -0.15) is 11.8 Å². The van der Waals surface area contributed by atoms with E-state index in [-0.39, 0.29) is 11.5 Å². The minimum atomic E-state index is -0.112. The molecule has 4 aliphatic carbocycles. The lowest BCUT2D eigenvalue weighted by molar-refractivity contribution is -0.128. The fourth-order valence-corrected chi connectivity index (χ4v) is 10.6. The fraction of sp³-hybridized carbons (Fsp3) is 0.929. The molecule has 0 amide bonds. The van der Waals surface area contributed by atoms with Gasteiger partial charge in [-0.1, -0.05) is 45.8 Å². The van der Waals surface area contributed by atoms with Crippen LogP contribution in [0, 0.1) is 39.9 Å². The molecule has 0 spiro atoms. The molecule has 3 heteroatoms. The Morgan fingerprint density at radius 1 is 1.00 bits per heavy atom. The molecule has 176 valence electrons. The molecule has 0 unspecified atom stereocenters. The number of fused-ring (bicyclic) bond motifs is 4. The van der Waals surface area contributed by atoms with Crippen LogP contribution < -0.4 is 0 Å². The Morgan fingerprint density at radius 2 is 1.74 bits per heavy atom. The minimum Gasteiger partial charge on any atom is -0.393 e. The standard InChI is InChI=1S/C28H47NOS/c1-19(18-29-14-16-31-17-15-29)21-7-8-22-20-6-9-24-26(2,3)25(30)11-13-28(24,5)23(20)10-12-27(21,22)4/h19,21,23-25,30H,6-18H2,1-5H3/t19-,21-,23+,24+,25+,27-,28-/m1/s1. The van der Waals surface area contributed by atoms with E-state index in [1.54, 1.807) is 0 Å². The molecule has 0 radical (unpaired) electrons. The number of rotatable bonds is 3. The summed E-state index contributed by atoms with van der Waals surface area (Å²) in [6, 6.07) is 0. The minimum absolute atomic E-state index is 0.0728. The third-order valence-corrected chi connectivity index (χ3v) is 12.3. The molecule has 2 nitrogen and oxygen atoms in total. The maximum atomic E-state index is 10.8. The van der Waals surface area contributed by atoms with Gasteiger partial charge in [-0.25, -0.2) is 0 Å². The first-order valence-electron chi connectivity index (χ1n) is 13.4. The van der Waals surface area contributed by atoms with Gasteiger partial charge < -0.3 is 10.0 Å². The van der Waals surface area contributed by atoms with Gasteiger partial charge in [-0.3, -0.25) is 0 Å². The number of thioether (sulfide) groups is 1. The SMILES string of the molecule is C[C@H](CN1CCSCC1)[C@H]1CCC2=C3CC[C@H]4C(C)(C)[C@@H](O)CC[C@]4(C)[C@H]3CC[C@@]21C. The fourth-order valence-electron chi connectivity index (χ4n) is 9.60. The third-order valence-electron chi connectivity index (χ3n) is 11.3. The second kappa shape index (κ2) is 8.05. The van der Waals surface area contributed by atoms with Crippen LogP contribution in [0.25, 0.3) is 0 Å². The van der Waals surface area contributed by atoms with Crippen LogP contribution in [0.2, 0.25) is 0 Å². The van der Waals surface area contributed by atoms with Crippen molar-refractivity contribution in [2.24, 2.45) is 39.9 Å². The van der Waals surface area contributed by atoms with E-state index in [1.165, 1.54) is 76.1 Å². The molecule has 0 aromatic rings. The Balaban J connectivity index is 1.39. The largest absolute Gasteiger partial charge is 0.393 e. The molecule has 4 fully saturated rings. The van der Waals surface area contributed by atoms with Crippen LogP contribution in [0.1, 0.15) is 86.0 Å². The lowest BCUT2D eigenvalue weighted by atomic mass is 9.44. The van der Waals surface area contributed by atoms with Crippen LogP contribution in [-0.4, -0.2) is 47.3 Å². The van der Waals surface area contributed by atoms with Gasteiger partial charge in [0.2, 0.25) is 0 Å². The maximum Gasteiger partial charge on any atom is 0.0594 e. The molecule has 31 heavy (non-hydrogen) atoms. The van der Waals surface area contributed by atoms with Gasteiger partial charge in [-0.05, 0) is 91.3 Å². The highest BCUT2D eigenvalue weighted by Gasteiger charge is 2.59. The molecule has 5 rings (SSSR count). The van der Waals surface area contributed by atoms with Crippen molar-refractivity contribution in [2.75, 3.05) is 31.1 Å². The molecule has 1 N–H and O–H groups in total. The number of hydrogen-bond donors (Lipinski definition) is 1. The highest BCUT2D eigenvalue weighted by atomic mass is 32.2. The van der Waals surface area contributed by atoms with Crippen LogP contribution in [0.3, 0.4) is 0 Å². The van der Waals surface area contributed by atoms with E-state index >= 15 is 0 Å². The van der Waals surface area contributed by atoms with E-state index in [4.69, 9.17) is 0 Å². The van der Waals surface area contributed by atoms with E-state index in [0.717, 1.165) is 24.2 Å². The van der Waals surface area contributed by atoms with Crippen molar-refractivity contribution in [3.8, 4) is 0 Å². The van der Waals surface area contributed by atoms with Crippen molar-refractivity contribution < 1.29 is 5.11 Å². The summed E-state index contributed by atoms with van der Waals surface area (Å²) < 4.78 is 0. The monoisotopic (exact) mass is 445 g/mol. The lowest BCUT2D eigenvalue weighted by Crippen LogP contribution is -2.56. The van der Waals surface area contributed by atoms with Crippen molar-refractivity contribution in [1.29, 1.82) is 0 Å². The summed E-state index contributed by atoms with van der Waals surface area (Å²) in [4.78, 5) is 2.75. The van der Waals surface area contributed by atoms with Crippen LogP contribution in [0.15, 0.2) is 11.1 Å². The molecule has 5 aliphatic rings. The van der Waals surface area contributed by atoms with Gasteiger partial charge in [0.1, 0.15) is 0 Å². The number of aliphatic hydroxyl groups is 1. The maximum absolute atomic E-state index is 10.8. The first kappa shape index (κ1) is 22.8. The van der Waals surface area contributed by atoms with Crippen molar-refractivity contribution in [3.63, 3.8) is 0 Å². The third kappa shape index (κ3) is 3.50. The second-order valence-electron chi connectivity index (χ2n) is 13.0. The predicted octanol–water partition coefficient (Wildman–Crippen LogP) is 6.39. The number of allylic oxidation sites excluding steroid dienone is 2. The summed E-state index contributed by atoms with van der Waals surface area (Å²) >= 11 is 2.13. The van der Waals surface area contributed by atoms with Gasteiger partial charge in [0.05, 0.1) is 6.10 Å². The normalized spacial score (nSPS) is 46.3. The van der Waals surface area contributed by atoms with Crippen LogP contribution in [0.5, 0.6) is 0 Å². The number of hydrogen-bond acceptors (Lipinski definition) is 3. The predicted molar refractivity (Wildman–Crippen MR) is 133 cm³/mol. The van der Waals surface area contributed by atoms with E-state index in [2.05, 4.69) is 51.3 Å². The molecule has 1 heterocycles. The number of nitrogens with zero attached hydrogens (tertiary/aromatic N) is 1. The van der Waals surface area contributed by atoms with Crippen molar-refractivity contribution in [3.05, 3.63) is 11.1 Å². The van der Waals surface area contributed by atoms with Gasteiger partial charge in [0.15, 0.2) is 0 Å². The molecular weight excluding hydrogens is 398 g/mol. The van der Waals surface area contributed by atoms with Crippen molar-refractivity contribution in [2.45, 2.75) is 92.1 Å². The lowest BCUT2D eigenvalue weighted by Gasteiger charge is -2.61. The van der Waals surface area contributed by atoms with Crippen LogP contribution in [0.4, 0.5) is 0 Å². The average molecular weight is 446 g/mol. The summed E-state index contributed by atoms with van der Waals surface area (Å²) in [5.74, 6) is 5.82. The molecule has 3 saturated carbocycles. The molecular formula is C28H47NOS. The quantitative estimate of drug-likeness (QED) is 0.509. The number of aliphatic hydroxyl groups excluding tert-OH is 1. The average Bonchev–Trinajstić information content (AvgIpc) is 3.09. The molecule has 0 bridgehead atoms. The van der Waals surface area contributed by atoms with Gasteiger partial charge in [0, 0.05) is 31.1 Å². The topological polar surface area (TPSA) is 23.5 Å². The van der Waals surface area contributed by atoms with Crippen LogP contribution >= 0.6 is 11.8 Å². The van der Waals surface area contributed by atoms with Gasteiger partial charge in [-0.15, -0.1) is 0 Å². The van der Waals surface area contributed by atoms with Crippen molar-refractivity contribution >= 4 is 11.8 Å². The molecule has 1 saturated heterocycles. The van der Waals surface area contributed by atoms with Crippen molar-refractivity contribution in [1.82, 2.24) is 4.90 Å². The van der Waals surface area contributed by atoms with E-state index < -0.39 is 0 Å². The first-order chi connectivity index (χ1) is 14.7. The van der Waals surface area contributed by atoms with E-state index in [9.17, 15) is 5.11 Å². The highest BCUT2D eigenvalue weighted by molar-refractivity contribution is 7.99. The summed E-state index contributed by atoms with van der Waals surface area (Å²) in [5.41, 5.74) is 4.76. The van der Waals surface area contributed by atoms with Gasteiger partial charge >= 0.3 is 0 Å². The second-order valence-corrected chi connectivity index (χ2v) is 14.2. The van der Waals surface area contributed by atoms with E-state index in [1.807, 2.05) is 11.1 Å². The Kier molecular flexibility index (Phi) is 5.92. The Morgan fingerprint density at radius 3 is 2.48 bits per heavy atom. The first-order valence-corrected chi connectivity index (χ1v) is 14.5. The Hall–Kier alpha value is 0.01000. The zero-order valence-electron chi connectivity index (χ0n) is 20.9. The zero-order chi connectivity index (χ0) is 22.0. The smallest absolute Gasteiger partial charge is 0.0594 e. The summed E-state index contributed by atoms with van der Waals surface area (Å²) in [7, 11) is 0. The molecule has 0 aromatic carbocycles. The summed E-state index contributed by atoms with van der Waals surface area (Å²) in [6.45, 7) is 16.5. The molecule has 0 aromatic heterocycles. The summed E-state index contributed by atoms with van der Waals surface area (Å²) in [5, 5.41) is 10.8. The molecule has 7 atom stereocenters. The van der Waals surface area contributed by atoms with Crippen LogP contribution in [-0.2, 0) is 0 Å². The van der Waals surface area contributed by atoms with Gasteiger partial charge in [0.25, 0.3) is 0 Å². The van der Waals surface area contributed by atoms with E-state index in [0.29, 0.717) is 16.7 Å².